The van der Waals surface area contributed by atoms with Gasteiger partial charge in [-0.1, -0.05) is 12.1 Å². The summed E-state index contributed by atoms with van der Waals surface area (Å²) in [5.74, 6) is -0.0162. The van der Waals surface area contributed by atoms with Crippen LogP contribution in [-0.2, 0) is 6.42 Å². The molecule has 1 unspecified atom stereocenters. The second-order valence-electron chi connectivity index (χ2n) is 7.50. The van der Waals surface area contributed by atoms with E-state index in [0.29, 0.717) is 22.8 Å². The molecule has 0 spiro atoms. The highest BCUT2D eigenvalue weighted by molar-refractivity contribution is 5.95. The smallest absolute Gasteiger partial charge is 0.253 e. The van der Waals surface area contributed by atoms with Crippen molar-refractivity contribution in [1.82, 2.24) is 15.3 Å². The maximum absolute atomic E-state index is 14.5. The number of aryl methyl sites for hydroxylation is 1. The summed E-state index contributed by atoms with van der Waals surface area (Å²) in [5.41, 5.74) is 11.3. The van der Waals surface area contributed by atoms with Crippen LogP contribution in [0.5, 0.6) is 5.88 Å². The molecule has 31 heavy (non-hydrogen) atoms. The normalized spacial score (nSPS) is 14.8. The van der Waals surface area contributed by atoms with Crippen LogP contribution in [0.1, 0.15) is 38.7 Å². The van der Waals surface area contributed by atoms with Gasteiger partial charge < -0.3 is 15.8 Å². The first-order chi connectivity index (χ1) is 14.9. The second-order valence-corrected chi connectivity index (χ2v) is 7.50. The number of nitrogens with two attached hydrogens (primary N) is 1. The molecule has 1 aromatic carbocycles. The summed E-state index contributed by atoms with van der Waals surface area (Å²) in [6.45, 7) is 1.97. The summed E-state index contributed by atoms with van der Waals surface area (Å²) < 4.78 is 19.7. The van der Waals surface area contributed by atoms with E-state index in [9.17, 15) is 9.18 Å². The monoisotopic (exact) mass is 418 g/mol. The van der Waals surface area contributed by atoms with Crippen LogP contribution in [0.4, 0.5) is 10.2 Å². The van der Waals surface area contributed by atoms with Gasteiger partial charge in [0.05, 0.1) is 18.4 Å². The average Bonchev–Trinajstić information content (AvgIpc) is 2.77. The van der Waals surface area contributed by atoms with Crippen molar-refractivity contribution in [2.24, 2.45) is 0 Å². The molecule has 1 amide bonds. The van der Waals surface area contributed by atoms with Gasteiger partial charge in [0, 0.05) is 30.3 Å². The summed E-state index contributed by atoms with van der Waals surface area (Å²) in [5, 5.41) is 2.43. The van der Waals surface area contributed by atoms with E-state index < -0.39 is 11.7 Å². The quantitative estimate of drug-likeness (QED) is 0.671. The Morgan fingerprint density at radius 2 is 2.10 bits per heavy atom. The van der Waals surface area contributed by atoms with Gasteiger partial charge in [0.25, 0.3) is 5.91 Å². The zero-order chi connectivity index (χ0) is 22.1. The van der Waals surface area contributed by atoms with Crippen molar-refractivity contribution in [3.05, 3.63) is 76.4 Å². The molecular formula is C24H23FN4O2. The number of nitrogen functional groups attached to an aromatic ring is 1. The Morgan fingerprint density at radius 3 is 2.77 bits per heavy atom. The van der Waals surface area contributed by atoms with Crippen molar-refractivity contribution in [3.63, 3.8) is 0 Å². The Balaban J connectivity index is 1.68. The molecule has 3 N–H and O–H groups in total. The number of benzene rings is 1. The van der Waals surface area contributed by atoms with Crippen molar-refractivity contribution in [2.75, 3.05) is 19.9 Å². The molecule has 3 aromatic rings. The van der Waals surface area contributed by atoms with Crippen molar-refractivity contribution < 1.29 is 13.9 Å². The van der Waals surface area contributed by atoms with Crippen LogP contribution in [0.25, 0.3) is 17.2 Å². The second kappa shape index (κ2) is 8.18. The van der Waals surface area contributed by atoms with Crippen molar-refractivity contribution in [1.29, 1.82) is 0 Å². The number of nitrogens with one attached hydrogen (secondary N) is 1. The number of ether oxygens (including phenoxy) is 1. The first kappa shape index (κ1) is 20.5. The third kappa shape index (κ3) is 3.86. The van der Waals surface area contributed by atoms with E-state index in [1.165, 1.54) is 19.2 Å². The van der Waals surface area contributed by atoms with Gasteiger partial charge in [-0.2, -0.15) is 0 Å². The molecule has 4 rings (SSSR count). The minimum absolute atomic E-state index is 0.0129. The first-order valence-corrected chi connectivity index (χ1v) is 9.91. The number of amides is 1. The Labute approximate surface area is 180 Å². The Bertz CT molecular complexity index is 1210. The number of nitrogens with zero attached hydrogens (tertiary/aromatic N) is 2. The van der Waals surface area contributed by atoms with Crippen LogP contribution in [0.15, 0.2) is 42.6 Å². The van der Waals surface area contributed by atoms with E-state index in [4.69, 9.17) is 10.5 Å². The van der Waals surface area contributed by atoms with Crippen molar-refractivity contribution >= 4 is 17.8 Å². The van der Waals surface area contributed by atoms with Gasteiger partial charge in [-0.25, -0.2) is 14.4 Å². The SMILES string of the molecule is CNC(=O)c1ccc(-c2cc3c(nc2N)C=CC(c2cnc(OC)c(C)c2)C3)cc1F. The molecular weight excluding hydrogens is 395 g/mol. The zero-order valence-electron chi connectivity index (χ0n) is 17.6. The maximum Gasteiger partial charge on any atom is 0.253 e. The molecule has 6 nitrogen and oxygen atoms in total. The van der Waals surface area contributed by atoms with Crippen LogP contribution in [-0.4, -0.2) is 30.0 Å². The van der Waals surface area contributed by atoms with Crippen LogP contribution >= 0.6 is 0 Å². The molecule has 0 radical (unpaired) electrons. The number of anilines is 1. The number of hydrogen-bond acceptors (Lipinski definition) is 5. The fourth-order valence-electron chi connectivity index (χ4n) is 3.87. The Morgan fingerprint density at radius 1 is 1.29 bits per heavy atom. The number of halogens is 1. The molecule has 0 bridgehead atoms. The number of methoxy groups -OCH3 is 1. The lowest BCUT2D eigenvalue weighted by Gasteiger charge is -2.21. The van der Waals surface area contributed by atoms with Gasteiger partial charge in [-0.05, 0) is 60.4 Å². The predicted octanol–water partition coefficient (Wildman–Crippen LogP) is 3.89. The van der Waals surface area contributed by atoms with Crippen LogP contribution < -0.4 is 15.8 Å². The molecule has 0 aliphatic heterocycles. The number of pyridine rings is 2. The molecule has 1 aliphatic carbocycles. The number of aromatic nitrogens is 2. The zero-order valence-corrected chi connectivity index (χ0v) is 17.6. The minimum atomic E-state index is -0.605. The standard InChI is InChI=1S/C24H23FN4O2/c1-13-8-17(12-28-24(13)31-3)14-5-7-21-16(9-14)10-19(22(26)29-21)15-4-6-18(20(25)11-15)23(30)27-2/h4-8,10-12,14H,9H2,1-3H3,(H2,26,29)(H,27,30). The van der Waals surface area contributed by atoms with Crippen molar-refractivity contribution in [3.8, 4) is 17.0 Å². The summed E-state index contributed by atoms with van der Waals surface area (Å²) >= 11 is 0. The van der Waals surface area contributed by atoms with Crippen LogP contribution in [0.3, 0.4) is 0 Å². The Kier molecular flexibility index (Phi) is 5.42. The maximum atomic E-state index is 14.5. The van der Waals surface area contributed by atoms with Crippen LogP contribution in [0.2, 0.25) is 0 Å². The van der Waals surface area contributed by atoms with Crippen LogP contribution in [0, 0.1) is 12.7 Å². The van der Waals surface area contributed by atoms with E-state index in [0.717, 1.165) is 28.8 Å². The van der Waals surface area contributed by atoms with Gasteiger partial charge in [-0.3, -0.25) is 4.79 Å². The summed E-state index contributed by atoms with van der Waals surface area (Å²) in [6.07, 6.45) is 6.59. The third-order valence-corrected chi connectivity index (χ3v) is 5.52. The van der Waals surface area contributed by atoms with Gasteiger partial charge in [0.1, 0.15) is 11.6 Å². The molecule has 2 aromatic heterocycles. The summed E-state index contributed by atoms with van der Waals surface area (Å²) in [6, 6.07) is 8.48. The molecule has 0 saturated heterocycles. The number of carbonyl (C=O) groups is 1. The summed E-state index contributed by atoms with van der Waals surface area (Å²) in [7, 11) is 3.07. The highest BCUT2D eigenvalue weighted by Gasteiger charge is 2.21. The molecule has 7 heteroatoms. The van der Waals surface area contributed by atoms with Gasteiger partial charge in [-0.15, -0.1) is 0 Å². The lowest BCUT2D eigenvalue weighted by Crippen LogP contribution is -2.19. The van der Waals surface area contributed by atoms with E-state index in [2.05, 4.69) is 27.4 Å². The Hall–Kier alpha value is -3.74. The average molecular weight is 418 g/mol. The van der Waals surface area contributed by atoms with Gasteiger partial charge >= 0.3 is 0 Å². The largest absolute Gasteiger partial charge is 0.481 e. The molecule has 158 valence electrons. The van der Waals surface area contributed by atoms with E-state index in [1.54, 1.807) is 13.2 Å². The van der Waals surface area contributed by atoms with Gasteiger partial charge in [0.15, 0.2) is 0 Å². The summed E-state index contributed by atoms with van der Waals surface area (Å²) in [4.78, 5) is 20.7. The molecule has 0 saturated carbocycles. The fraction of sp³-hybridized carbons (Fsp3) is 0.208. The third-order valence-electron chi connectivity index (χ3n) is 5.52. The van der Waals surface area contributed by atoms with Crippen molar-refractivity contribution in [2.45, 2.75) is 19.3 Å². The van der Waals surface area contributed by atoms with E-state index in [-0.39, 0.29) is 11.5 Å². The number of rotatable bonds is 4. The highest BCUT2D eigenvalue weighted by atomic mass is 19.1. The number of allylic oxidation sites excluding steroid dienone is 1. The molecule has 0 fully saturated rings. The predicted molar refractivity (Wildman–Crippen MR) is 118 cm³/mol. The first-order valence-electron chi connectivity index (χ1n) is 9.91. The topological polar surface area (TPSA) is 90.1 Å². The molecule has 2 heterocycles. The van der Waals surface area contributed by atoms with Gasteiger partial charge in [0.2, 0.25) is 5.88 Å². The lowest BCUT2D eigenvalue weighted by atomic mass is 9.86. The highest BCUT2D eigenvalue weighted by Crippen LogP contribution is 2.35. The number of hydrogen-bond donors (Lipinski definition) is 2. The number of fused-ring (bicyclic) bond motifs is 1. The number of carbonyl (C=O) groups excluding carboxylic acids is 1. The lowest BCUT2D eigenvalue weighted by molar-refractivity contribution is 0.0959. The van der Waals surface area contributed by atoms with E-state index in [1.807, 2.05) is 25.3 Å². The van der Waals surface area contributed by atoms with E-state index >= 15 is 0 Å². The minimum Gasteiger partial charge on any atom is -0.481 e. The molecule has 1 aliphatic rings. The molecule has 1 atom stereocenters. The fourth-order valence-corrected chi connectivity index (χ4v) is 3.87.